The van der Waals surface area contributed by atoms with Gasteiger partial charge in [0.1, 0.15) is 5.75 Å². The fraction of sp³-hybridized carbons (Fsp3) is 0.250. The van der Waals surface area contributed by atoms with Gasteiger partial charge in [-0.05, 0) is 42.3 Å². The molecule has 2 N–H and O–H groups in total. The fourth-order valence-electron chi connectivity index (χ4n) is 1.89. The number of ether oxygens (including phenoxy) is 1. The summed E-state index contributed by atoms with van der Waals surface area (Å²) in [6.07, 6.45) is 0.773. The molecular formula is C16H18ClNO. The Kier molecular flexibility index (Phi) is 4.83. The second kappa shape index (κ2) is 6.60. The average Bonchev–Trinajstić information content (AvgIpc) is 2.39. The lowest BCUT2D eigenvalue weighted by Gasteiger charge is -2.13. The topological polar surface area (TPSA) is 35.2 Å². The van der Waals surface area contributed by atoms with Crippen molar-refractivity contribution in [2.45, 2.75) is 19.4 Å². The first-order valence-corrected chi connectivity index (χ1v) is 6.73. The molecule has 0 aliphatic rings. The minimum atomic E-state index is -0.0259. The molecule has 1 atom stereocenters. The van der Waals surface area contributed by atoms with E-state index in [1.54, 1.807) is 0 Å². The largest absolute Gasteiger partial charge is 0.494 e. The van der Waals surface area contributed by atoms with Crippen LogP contribution in [0.25, 0.3) is 0 Å². The molecule has 2 nitrogen and oxygen atoms in total. The van der Waals surface area contributed by atoms with Gasteiger partial charge in [-0.3, -0.25) is 0 Å². The summed E-state index contributed by atoms with van der Waals surface area (Å²) < 4.78 is 5.70. The Hall–Kier alpha value is -1.51. The third-order valence-corrected chi connectivity index (χ3v) is 3.24. The minimum absolute atomic E-state index is 0.0259. The summed E-state index contributed by atoms with van der Waals surface area (Å²) in [7, 11) is 0. The zero-order valence-electron chi connectivity index (χ0n) is 11.0. The van der Waals surface area contributed by atoms with Gasteiger partial charge < -0.3 is 10.5 Å². The molecule has 19 heavy (non-hydrogen) atoms. The zero-order chi connectivity index (χ0) is 13.7. The number of aryl methyl sites for hydroxylation is 1. The predicted octanol–water partition coefficient (Wildman–Crippen LogP) is 4.12. The lowest BCUT2D eigenvalue weighted by atomic mass is 10.1. The SMILES string of the molecule is Cc1cccc(OCCC(N)c2ccc(Cl)cc2)c1. The third kappa shape index (κ3) is 4.27. The van der Waals surface area contributed by atoms with Crippen LogP contribution in [0, 0.1) is 6.92 Å². The van der Waals surface area contributed by atoms with Crippen molar-refractivity contribution in [1.82, 2.24) is 0 Å². The van der Waals surface area contributed by atoms with Gasteiger partial charge in [0.15, 0.2) is 0 Å². The van der Waals surface area contributed by atoms with Gasteiger partial charge in [0.2, 0.25) is 0 Å². The molecule has 0 saturated carbocycles. The highest BCUT2D eigenvalue weighted by atomic mass is 35.5. The summed E-state index contributed by atoms with van der Waals surface area (Å²) in [5.41, 5.74) is 8.39. The molecule has 0 radical (unpaired) electrons. The molecular weight excluding hydrogens is 258 g/mol. The van der Waals surface area contributed by atoms with E-state index in [0.29, 0.717) is 6.61 Å². The van der Waals surface area contributed by atoms with Gasteiger partial charge in [-0.2, -0.15) is 0 Å². The average molecular weight is 276 g/mol. The molecule has 2 aromatic carbocycles. The van der Waals surface area contributed by atoms with Crippen molar-refractivity contribution in [3.63, 3.8) is 0 Å². The van der Waals surface area contributed by atoms with Gasteiger partial charge in [0.05, 0.1) is 6.61 Å². The van der Waals surface area contributed by atoms with Gasteiger partial charge in [-0.15, -0.1) is 0 Å². The Morgan fingerprint density at radius 2 is 1.89 bits per heavy atom. The number of hydrogen-bond donors (Lipinski definition) is 1. The van der Waals surface area contributed by atoms with E-state index >= 15 is 0 Å². The van der Waals surface area contributed by atoms with Crippen LogP contribution < -0.4 is 10.5 Å². The van der Waals surface area contributed by atoms with Crippen molar-refractivity contribution in [2.75, 3.05) is 6.61 Å². The van der Waals surface area contributed by atoms with Crippen molar-refractivity contribution in [1.29, 1.82) is 0 Å². The highest BCUT2D eigenvalue weighted by molar-refractivity contribution is 6.30. The summed E-state index contributed by atoms with van der Waals surface area (Å²) in [6.45, 7) is 2.65. The van der Waals surface area contributed by atoms with Crippen LogP contribution in [0.2, 0.25) is 5.02 Å². The standard InChI is InChI=1S/C16H18ClNO/c1-12-3-2-4-15(11-12)19-10-9-16(18)13-5-7-14(17)8-6-13/h2-8,11,16H,9-10,18H2,1H3. The Morgan fingerprint density at radius 1 is 1.16 bits per heavy atom. The Balaban J connectivity index is 1.84. The molecule has 3 heteroatoms. The third-order valence-electron chi connectivity index (χ3n) is 2.99. The van der Waals surface area contributed by atoms with Crippen molar-refractivity contribution in [2.24, 2.45) is 5.73 Å². The van der Waals surface area contributed by atoms with Crippen LogP contribution in [-0.2, 0) is 0 Å². The molecule has 0 spiro atoms. The van der Waals surface area contributed by atoms with Crippen molar-refractivity contribution in [3.8, 4) is 5.75 Å². The van der Waals surface area contributed by atoms with Crippen molar-refractivity contribution >= 4 is 11.6 Å². The van der Waals surface area contributed by atoms with Crippen LogP contribution in [0.1, 0.15) is 23.6 Å². The first-order valence-electron chi connectivity index (χ1n) is 6.35. The second-order valence-corrected chi connectivity index (χ2v) is 5.05. The number of halogens is 1. The molecule has 0 heterocycles. The summed E-state index contributed by atoms with van der Waals surface area (Å²) in [5.74, 6) is 0.892. The Bertz CT molecular complexity index is 525. The normalized spacial score (nSPS) is 12.2. The molecule has 0 fully saturated rings. The Labute approximate surface area is 119 Å². The first-order chi connectivity index (χ1) is 9.15. The Morgan fingerprint density at radius 3 is 2.58 bits per heavy atom. The molecule has 2 aromatic rings. The molecule has 0 bridgehead atoms. The van der Waals surface area contributed by atoms with Gasteiger partial charge in [-0.25, -0.2) is 0 Å². The van der Waals surface area contributed by atoms with E-state index in [4.69, 9.17) is 22.1 Å². The van der Waals surface area contributed by atoms with Crippen molar-refractivity contribution in [3.05, 3.63) is 64.7 Å². The number of rotatable bonds is 5. The van der Waals surface area contributed by atoms with Crippen LogP contribution in [0.5, 0.6) is 5.75 Å². The first kappa shape index (κ1) is 13.9. The van der Waals surface area contributed by atoms with E-state index in [9.17, 15) is 0 Å². The number of hydrogen-bond acceptors (Lipinski definition) is 2. The molecule has 0 aromatic heterocycles. The molecule has 0 amide bonds. The summed E-state index contributed by atoms with van der Waals surface area (Å²) in [4.78, 5) is 0. The highest BCUT2D eigenvalue weighted by Crippen LogP contribution is 2.18. The smallest absolute Gasteiger partial charge is 0.119 e. The number of benzene rings is 2. The molecule has 2 rings (SSSR count). The summed E-state index contributed by atoms with van der Waals surface area (Å²) in [6, 6.07) is 15.6. The fourth-order valence-corrected chi connectivity index (χ4v) is 2.01. The van der Waals surface area contributed by atoms with Gasteiger partial charge in [-0.1, -0.05) is 35.9 Å². The lowest BCUT2D eigenvalue weighted by molar-refractivity contribution is 0.298. The van der Waals surface area contributed by atoms with Gasteiger partial charge in [0, 0.05) is 17.5 Å². The molecule has 0 aliphatic heterocycles. The molecule has 0 aliphatic carbocycles. The van der Waals surface area contributed by atoms with Gasteiger partial charge >= 0.3 is 0 Å². The van der Waals surface area contributed by atoms with E-state index in [1.165, 1.54) is 5.56 Å². The second-order valence-electron chi connectivity index (χ2n) is 4.61. The lowest BCUT2D eigenvalue weighted by Crippen LogP contribution is -2.14. The van der Waals surface area contributed by atoms with E-state index in [1.807, 2.05) is 55.5 Å². The highest BCUT2D eigenvalue weighted by Gasteiger charge is 2.06. The molecule has 100 valence electrons. The predicted molar refractivity (Wildman–Crippen MR) is 79.7 cm³/mol. The summed E-state index contributed by atoms with van der Waals surface area (Å²) in [5, 5.41) is 0.729. The quantitative estimate of drug-likeness (QED) is 0.891. The summed E-state index contributed by atoms with van der Waals surface area (Å²) >= 11 is 5.85. The van der Waals surface area contributed by atoms with E-state index in [2.05, 4.69) is 0 Å². The number of nitrogens with two attached hydrogens (primary N) is 1. The molecule has 1 unspecified atom stereocenters. The zero-order valence-corrected chi connectivity index (χ0v) is 11.7. The van der Waals surface area contributed by atoms with E-state index in [-0.39, 0.29) is 6.04 Å². The molecule has 0 saturated heterocycles. The van der Waals surface area contributed by atoms with Crippen LogP contribution in [0.4, 0.5) is 0 Å². The minimum Gasteiger partial charge on any atom is -0.494 e. The maximum Gasteiger partial charge on any atom is 0.119 e. The van der Waals surface area contributed by atoms with Crippen LogP contribution >= 0.6 is 11.6 Å². The van der Waals surface area contributed by atoms with Crippen molar-refractivity contribution < 1.29 is 4.74 Å². The maximum absolute atomic E-state index is 6.12. The van der Waals surface area contributed by atoms with Gasteiger partial charge in [0.25, 0.3) is 0 Å². The van der Waals surface area contributed by atoms with E-state index in [0.717, 1.165) is 22.8 Å². The van der Waals surface area contributed by atoms with Crippen LogP contribution in [0.3, 0.4) is 0 Å². The van der Waals surface area contributed by atoms with E-state index < -0.39 is 0 Å². The van der Waals surface area contributed by atoms with Crippen LogP contribution in [-0.4, -0.2) is 6.61 Å². The maximum atomic E-state index is 6.12. The monoisotopic (exact) mass is 275 g/mol. The van der Waals surface area contributed by atoms with Crippen LogP contribution in [0.15, 0.2) is 48.5 Å².